The highest BCUT2D eigenvalue weighted by molar-refractivity contribution is 4.85. The second-order valence-corrected chi connectivity index (χ2v) is 5.86. The molecule has 3 unspecified atom stereocenters. The molecule has 1 aliphatic rings. The van der Waals surface area contributed by atoms with Gasteiger partial charge in [-0.05, 0) is 42.9 Å². The van der Waals surface area contributed by atoms with Gasteiger partial charge in [-0.15, -0.1) is 0 Å². The van der Waals surface area contributed by atoms with E-state index >= 15 is 0 Å². The van der Waals surface area contributed by atoms with Crippen LogP contribution in [0.4, 0.5) is 0 Å². The lowest BCUT2D eigenvalue weighted by molar-refractivity contribution is 0.391. The molecular weight excluding hydrogens is 168 g/mol. The number of hydrogen-bond acceptors (Lipinski definition) is 0. The minimum absolute atomic E-state index is 0.885. The zero-order valence-corrected chi connectivity index (χ0v) is 10.6. The first-order valence-electron chi connectivity index (χ1n) is 6.63. The van der Waals surface area contributed by atoms with E-state index in [1.807, 2.05) is 0 Å². The Balaban J connectivity index is 1.99. The molecule has 0 spiro atoms. The van der Waals surface area contributed by atoms with E-state index in [0.29, 0.717) is 0 Å². The molecule has 0 heteroatoms. The van der Waals surface area contributed by atoms with E-state index in [1.165, 1.54) is 32.1 Å². The summed E-state index contributed by atoms with van der Waals surface area (Å²) in [5.74, 6) is 4.07. The number of hydrogen-bond donors (Lipinski definition) is 0. The smallest absolute Gasteiger partial charge is 0.0383 e. The quantitative estimate of drug-likeness (QED) is 0.544. The molecule has 0 saturated heterocycles. The van der Waals surface area contributed by atoms with Crippen molar-refractivity contribution >= 4 is 0 Å². The van der Waals surface area contributed by atoms with Gasteiger partial charge in [0.05, 0.1) is 0 Å². The first-order chi connectivity index (χ1) is 6.63. The molecule has 0 aliphatic heterocycles. The van der Waals surface area contributed by atoms with Crippen molar-refractivity contribution < 1.29 is 0 Å². The second kappa shape index (κ2) is 5.78. The summed E-state index contributed by atoms with van der Waals surface area (Å²) in [6, 6.07) is 0. The minimum atomic E-state index is 0.885. The van der Waals surface area contributed by atoms with Gasteiger partial charge in [0, 0.05) is 0 Å². The van der Waals surface area contributed by atoms with Gasteiger partial charge < -0.3 is 0 Å². The summed E-state index contributed by atoms with van der Waals surface area (Å²) in [7, 11) is 0. The monoisotopic (exact) mass is 196 g/mol. The molecule has 1 saturated carbocycles. The highest BCUT2D eigenvalue weighted by atomic mass is 14.4. The fourth-order valence-electron chi connectivity index (χ4n) is 2.81. The fraction of sp³-hybridized carbons (Fsp3) is 1.00. The maximum Gasteiger partial charge on any atom is -0.0383 e. The van der Waals surface area contributed by atoms with Gasteiger partial charge in [0.2, 0.25) is 0 Å². The molecule has 1 aliphatic carbocycles. The summed E-state index contributed by atoms with van der Waals surface area (Å²) in [4.78, 5) is 0. The molecule has 3 atom stereocenters. The first-order valence-corrected chi connectivity index (χ1v) is 6.63. The van der Waals surface area contributed by atoms with Gasteiger partial charge in [0.15, 0.2) is 0 Å². The van der Waals surface area contributed by atoms with E-state index in [-0.39, 0.29) is 0 Å². The van der Waals surface area contributed by atoms with E-state index in [0.717, 1.165) is 23.7 Å². The van der Waals surface area contributed by atoms with Crippen molar-refractivity contribution in [3.05, 3.63) is 0 Å². The Labute approximate surface area is 90.5 Å². The van der Waals surface area contributed by atoms with Crippen LogP contribution in [-0.4, -0.2) is 0 Å². The summed E-state index contributed by atoms with van der Waals surface area (Å²) in [5, 5.41) is 0. The minimum Gasteiger partial charge on any atom is -0.0654 e. The third-order valence-corrected chi connectivity index (χ3v) is 3.63. The molecule has 0 N–H and O–H groups in total. The van der Waals surface area contributed by atoms with Crippen molar-refractivity contribution in [2.75, 3.05) is 0 Å². The van der Waals surface area contributed by atoms with E-state index in [9.17, 15) is 0 Å². The molecule has 0 aromatic rings. The average molecular weight is 196 g/mol. The molecule has 1 rings (SSSR count). The van der Waals surface area contributed by atoms with Crippen LogP contribution >= 0.6 is 0 Å². The molecule has 0 amide bonds. The zero-order valence-electron chi connectivity index (χ0n) is 10.6. The summed E-state index contributed by atoms with van der Waals surface area (Å²) >= 11 is 0. The van der Waals surface area contributed by atoms with Crippen LogP contribution in [0.25, 0.3) is 0 Å². The van der Waals surface area contributed by atoms with E-state index < -0.39 is 0 Å². The fourth-order valence-corrected chi connectivity index (χ4v) is 2.81. The predicted molar refractivity (Wildman–Crippen MR) is 64.4 cm³/mol. The van der Waals surface area contributed by atoms with Gasteiger partial charge >= 0.3 is 0 Å². The standard InChI is InChI=1S/C14H28/c1-5-6-13-10-14(13)8-7-12(4)9-11(2)3/h11-14H,5-10H2,1-4H3. The van der Waals surface area contributed by atoms with Crippen LogP contribution in [0.1, 0.15) is 66.2 Å². The molecule has 0 aromatic heterocycles. The van der Waals surface area contributed by atoms with Crippen molar-refractivity contribution in [2.24, 2.45) is 23.7 Å². The van der Waals surface area contributed by atoms with Crippen LogP contribution in [-0.2, 0) is 0 Å². The Morgan fingerprint density at radius 2 is 1.71 bits per heavy atom. The van der Waals surface area contributed by atoms with Crippen molar-refractivity contribution in [3.63, 3.8) is 0 Å². The lowest BCUT2D eigenvalue weighted by atomic mass is 9.93. The van der Waals surface area contributed by atoms with Gasteiger partial charge in [-0.3, -0.25) is 0 Å². The molecule has 1 fully saturated rings. The van der Waals surface area contributed by atoms with Crippen LogP contribution < -0.4 is 0 Å². The highest BCUT2D eigenvalue weighted by Gasteiger charge is 2.35. The van der Waals surface area contributed by atoms with Crippen LogP contribution in [0.2, 0.25) is 0 Å². The third kappa shape index (κ3) is 4.48. The van der Waals surface area contributed by atoms with Crippen molar-refractivity contribution in [1.29, 1.82) is 0 Å². The predicted octanol–water partition coefficient (Wildman–Crippen LogP) is 4.89. The lowest BCUT2D eigenvalue weighted by Crippen LogP contribution is -2.00. The maximum atomic E-state index is 2.43. The molecule has 84 valence electrons. The largest absolute Gasteiger partial charge is 0.0654 e. The van der Waals surface area contributed by atoms with Crippen molar-refractivity contribution in [2.45, 2.75) is 66.2 Å². The third-order valence-electron chi connectivity index (χ3n) is 3.63. The van der Waals surface area contributed by atoms with Crippen LogP contribution in [0, 0.1) is 23.7 Å². The Bertz CT molecular complexity index is 148. The molecule has 14 heavy (non-hydrogen) atoms. The van der Waals surface area contributed by atoms with Gasteiger partial charge in [-0.25, -0.2) is 0 Å². The van der Waals surface area contributed by atoms with Crippen molar-refractivity contribution in [3.8, 4) is 0 Å². The summed E-state index contributed by atoms with van der Waals surface area (Å²) in [5.41, 5.74) is 0. The molecule has 0 heterocycles. The number of rotatable bonds is 7. The Kier molecular flexibility index (Phi) is 4.98. The lowest BCUT2D eigenvalue weighted by Gasteiger charge is -2.13. The zero-order chi connectivity index (χ0) is 10.6. The molecule has 0 nitrogen and oxygen atoms in total. The Hall–Kier alpha value is 0. The van der Waals surface area contributed by atoms with E-state index in [1.54, 1.807) is 6.42 Å². The van der Waals surface area contributed by atoms with Crippen molar-refractivity contribution in [1.82, 2.24) is 0 Å². The maximum absolute atomic E-state index is 2.43. The summed E-state index contributed by atoms with van der Waals surface area (Å²) in [6.45, 7) is 9.43. The normalized spacial score (nSPS) is 28.1. The van der Waals surface area contributed by atoms with Gasteiger partial charge in [-0.2, -0.15) is 0 Å². The summed E-state index contributed by atoms with van der Waals surface area (Å²) < 4.78 is 0. The second-order valence-electron chi connectivity index (χ2n) is 5.86. The van der Waals surface area contributed by atoms with Gasteiger partial charge in [0.25, 0.3) is 0 Å². The van der Waals surface area contributed by atoms with Gasteiger partial charge in [-0.1, -0.05) is 47.0 Å². The topological polar surface area (TPSA) is 0 Å². The average Bonchev–Trinajstić information content (AvgIpc) is 2.80. The van der Waals surface area contributed by atoms with Gasteiger partial charge in [0.1, 0.15) is 0 Å². The first kappa shape index (κ1) is 12.1. The van der Waals surface area contributed by atoms with Crippen LogP contribution in [0.3, 0.4) is 0 Å². The van der Waals surface area contributed by atoms with Crippen LogP contribution in [0.15, 0.2) is 0 Å². The Morgan fingerprint density at radius 1 is 1.07 bits per heavy atom. The Morgan fingerprint density at radius 3 is 2.29 bits per heavy atom. The molecule has 0 radical (unpaired) electrons. The molecule has 0 bridgehead atoms. The highest BCUT2D eigenvalue weighted by Crippen LogP contribution is 2.45. The molecular formula is C14H28. The van der Waals surface area contributed by atoms with Crippen LogP contribution in [0.5, 0.6) is 0 Å². The van der Waals surface area contributed by atoms with E-state index in [4.69, 9.17) is 0 Å². The van der Waals surface area contributed by atoms with E-state index in [2.05, 4.69) is 27.7 Å². The SMILES string of the molecule is CCCC1CC1CCC(C)CC(C)C. The summed E-state index contributed by atoms with van der Waals surface area (Å²) in [6.07, 6.45) is 8.83. The molecule has 0 aromatic carbocycles.